The van der Waals surface area contributed by atoms with Crippen molar-refractivity contribution in [3.8, 4) is 0 Å². The zero-order chi connectivity index (χ0) is 17.4. The molecule has 7 nitrogen and oxygen atoms in total. The van der Waals surface area contributed by atoms with Gasteiger partial charge in [0.25, 0.3) is 0 Å². The van der Waals surface area contributed by atoms with E-state index in [-0.39, 0.29) is 12.5 Å². The summed E-state index contributed by atoms with van der Waals surface area (Å²) in [5.74, 6) is 1.70. The Morgan fingerprint density at radius 3 is 2.75 bits per heavy atom. The van der Waals surface area contributed by atoms with Crippen molar-refractivity contribution in [3.63, 3.8) is 0 Å². The highest BCUT2D eigenvalue weighted by molar-refractivity contribution is 5.86. The average Bonchev–Trinajstić information content (AvgIpc) is 3.12. The summed E-state index contributed by atoms with van der Waals surface area (Å²) in [5, 5.41) is 6.30. The molecule has 2 heterocycles. The molecule has 0 saturated carbocycles. The van der Waals surface area contributed by atoms with Gasteiger partial charge in [0.2, 0.25) is 5.91 Å². The van der Waals surface area contributed by atoms with Gasteiger partial charge in [-0.05, 0) is 37.5 Å². The Labute approximate surface area is 144 Å². The van der Waals surface area contributed by atoms with E-state index in [0.29, 0.717) is 12.5 Å². The molecule has 7 heteroatoms. The fourth-order valence-corrected chi connectivity index (χ4v) is 2.55. The van der Waals surface area contributed by atoms with E-state index in [1.165, 1.54) is 0 Å². The molecule has 0 aromatic carbocycles. The van der Waals surface area contributed by atoms with Crippen molar-refractivity contribution in [1.29, 1.82) is 0 Å². The summed E-state index contributed by atoms with van der Waals surface area (Å²) >= 11 is 0. The van der Waals surface area contributed by atoms with Crippen LogP contribution in [0.15, 0.2) is 23.3 Å². The molecule has 24 heavy (non-hydrogen) atoms. The number of pyridine rings is 1. The van der Waals surface area contributed by atoms with Crippen LogP contribution in [0, 0.1) is 0 Å². The quantitative estimate of drug-likeness (QED) is 0.596. The third-order valence-electron chi connectivity index (χ3n) is 3.90. The van der Waals surface area contributed by atoms with E-state index < -0.39 is 0 Å². The molecule has 0 unspecified atom stereocenters. The molecule has 1 aliphatic heterocycles. The van der Waals surface area contributed by atoms with Gasteiger partial charge in [0.05, 0.1) is 13.1 Å². The van der Waals surface area contributed by atoms with Crippen LogP contribution in [0.2, 0.25) is 0 Å². The van der Waals surface area contributed by atoms with Crippen molar-refractivity contribution in [2.24, 2.45) is 4.99 Å². The van der Waals surface area contributed by atoms with Crippen LogP contribution in [0.1, 0.15) is 25.3 Å². The van der Waals surface area contributed by atoms with Crippen molar-refractivity contribution in [2.75, 3.05) is 45.2 Å². The normalized spacial score (nSPS) is 14.6. The monoisotopic (exact) mass is 332 g/mol. The van der Waals surface area contributed by atoms with Crippen LogP contribution in [0.5, 0.6) is 0 Å². The van der Waals surface area contributed by atoms with Gasteiger partial charge in [-0.25, -0.2) is 9.98 Å². The van der Waals surface area contributed by atoms with E-state index >= 15 is 0 Å². The summed E-state index contributed by atoms with van der Waals surface area (Å²) in [4.78, 5) is 24.8. The fraction of sp³-hybridized carbons (Fsp3) is 0.588. The Hall–Kier alpha value is -2.31. The second-order valence-electron chi connectivity index (χ2n) is 6.05. The molecular weight excluding hydrogens is 304 g/mol. The molecule has 0 radical (unpaired) electrons. The SMILES string of the molecule is CCNC(=NCc1ccnc(N(C)C)c1)NCC(=O)N1CCCC1. The van der Waals surface area contributed by atoms with E-state index in [1.54, 1.807) is 6.20 Å². The Morgan fingerprint density at radius 1 is 1.33 bits per heavy atom. The number of rotatable bonds is 6. The van der Waals surface area contributed by atoms with Crippen molar-refractivity contribution < 1.29 is 4.79 Å². The first-order chi connectivity index (χ1) is 11.6. The van der Waals surface area contributed by atoms with E-state index in [2.05, 4.69) is 20.6 Å². The lowest BCUT2D eigenvalue weighted by Crippen LogP contribution is -2.44. The maximum absolute atomic E-state index is 12.1. The molecule has 2 N–H and O–H groups in total. The van der Waals surface area contributed by atoms with Gasteiger partial charge < -0.3 is 20.4 Å². The van der Waals surface area contributed by atoms with Crippen LogP contribution < -0.4 is 15.5 Å². The lowest BCUT2D eigenvalue weighted by atomic mass is 10.2. The van der Waals surface area contributed by atoms with Crippen LogP contribution in [-0.2, 0) is 11.3 Å². The van der Waals surface area contributed by atoms with Gasteiger partial charge in [-0.2, -0.15) is 0 Å². The van der Waals surface area contributed by atoms with E-state index in [9.17, 15) is 4.79 Å². The lowest BCUT2D eigenvalue weighted by Gasteiger charge is -2.17. The predicted octanol–water partition coefficient (Wildman–Crippen LogP) is 0.825. The number of aliphatic imine (C=N–C) groups is 1. The largest absolute Gasteiger partial charge is 0.363 e. The molecule has 0 spiro atoms. The highest BCUT2D eigenvalue weighted by Crippen LogP contribution is 2.10. The smallest absolute Gasteiger partial charge is 0.241 e. The van der Waals surface area contributed by atoms with Gasteiger partial charge in [-0.15, -0.1) is 0 Å². The van der Waals surface area contributed by atoms with Crippen LogP contribution in [0.3, 0.4) is 0 Å². The third-order valence-corrected chi connectivity index (χ3v) is 3.90. The molecule has 2 rings (SSSR count). The fourth-order valence-electron chi connectivity index (χ4n) is 2.55. The van der Waals surface area contributed by atoms with Crippen LogP contribution in [0.25, 0.3) is 0 Å². The maximum atomic E-state index is 12.1. The van der Waals surface area contributed by atoms with Gasteiger partial charge in [-0.3, -0.25) is 4.79 Å². The summed E-state index contributed by atoms with van der Waals surface area (Å²) in [6.45, 7) is 5.33. The number of carbonyl (C=O) groups excluding carboxylic acids is 1. The topological polar surface area (TPSA) is 72.9 Å². The summed E-state index contributed by atoms with van der Waals surface area (Å²) in [5.41, 5.74) is 1.08. The standard InChI is InChI=1S/C17H28N6O/c1-4-18-17(21-13-16(24)23-9-5-6-10-23)20-12-14-7-8-19-15(11-14)22(2)3/h7-8,11H,4-6,9-10,12-13H2,1-3H3,(H2,18,20,21). The number of hydrogen-bond donors (Lipinski definition) is 2. The molecule has 0 atom stereocenters. The Balaban J connectivity index is 1.92. The van der Waals surface area contributed by atoms with Gasteiger partial charge in [-0.1, -0.05) is 0 Å². The molecule has 132 valence electrons. The van der Waals surface area contributed by atoms with Gasteiger partial charge in [0, 0.05) is 39.9 Å². The number of guanidine groups is 1. The number of nitrogens with zero attached hydrogens (tertiary/aromatic N) is 4. The highest BCUT2D eigenvalue weighted by Gasteiger charge is 2.17. The minimum atomic E-state index is 0.136. The first-order valence-electron chi connectivity index (χ1n) is 8.52. The van der Waals surface area contributed by atoms with E-state index in [1.807, 2.05) is 43.0 Å². The Bertz CT molecular complexity index is 566. The summed E-state index contributed by atoms with van der Waals surface area (Å²) < 4.78 is 0. The van der Waals surface area contributed by atoms with Gasteiger partial charge >= 0.3 is 0 Å². The third kappa shape index (κ3) is 5.40. The van der Waals surface area contributed by atoms with Crippen molar-refractivity contribution >= 4 is 17.7 Å². The van der Waals surface area contributed by atoms with Crippen LogP contribution in [-0.4, -0.2) is 62.0 Å². The van der Waals surface area contributed by atoms with Crippen molar-refractivity contribution in [1.82, 2.24) is 20.5 Å². The van der Waals surface area contributed by atoms with Gasteiger partial charge in [0.1, 0.15) is 5.82 Å². The summed E-state index contributed by atoms with van der Waals surface area (Å²) in [7, 11) is 3.93. The van der Waals surface area contributed by atoms with Crippen molar-refractivity contribution in [3.05, 3.63) is 23.9 Å². The molecule has 1 saturated heterocycles. The summed E-state index contributed by atoms with van der Waals surface area (Å²) in [6.07, 6.45) is 4.00. The van der Waals surface area contributed by atoms with Gasteiger partial charge in [0.15, 0.2) is 5.96 Å². The number of hydrogen-bond acceptors (Lipinski definition) is 4. The average molecular weight is 332 g/mol. The second-order valence-corrected chi connectivity index (χ2v) is 6.05. The minimum Gasteiger partial charge on any atom is -0.363 e. The number of carbonyl (C=O) groups is 1. The Morgan fingerprint density at radius 2 is 2.08 bits per heavy atom. The molecule has 1 aromatic rings. The number of nitrogens with one attached hydrogen (secondary N) is 2. The molecule has 1 aromatic heterocycles. The second kappa shape index (κ2) is 9.10. The molecule has 0 aliphatic carbocycles. The van der Waals surface area contributed by atoms with Crippen LogP contribution >= 0.6 is 0 Å². The first kappa shape index (κ1) is 18.0. The summed E-state index contributed by atoms with van der Waals surface area (Å²) in [6, 6.07) is 3.97. The molecular formula is C17H28N6O. The molecule has 1 fully saturated rings. The highest BCUT2D eigenvalue weighted by atomic mass is 16.2. The van der Waals surface area contributed by atoms with E-state index in [0.717, 1.165) is 43.9 Å². The van der Waals surface area contributed by atoms with E-state index in [4.69, 9.17) is 0 Å². The number of likely N-dealkylation sites (tertiary alicyclic amines) is 1. The maximum Gasteiger partial charge on any atom is 0.241 e. The van der Waals surface area contributed by atoms with Crippen molar-refractivity contribution in [2.45, 2.75) is 26.3 Å². The number of aromatic nitrogens is 1. The zero-order valence-electron chi connectivity index (χ0n) is 14.9. The van der Waals surface area contributed by atoms with Crippen LogP contribution in [0.4, 0.5) is 5.82 Å². The number of amides is 1. The molecule has 1 aliphatic rings. The lowest BCUT2D eigenvalue weighted by molar-refractivity contribution is -0.128. The number of anilines is 1. The zero-order valence-corrected chi connectivity index (χ0v) is 14.9. The predicted molar refractivity (Wildman–Crippen MR) is 97.2 cm³/mol. The molecule has 1 amide bonds. The minimum absolute atomic E-state index is 0.136. The first-order valence-corrected chi connectivity index (χ1v) is 8.52. The Kier molecular flexibility index (Phi) is 6.84. The molecule has 0 bridgehead atoms.